The van der Waals surface area contributed by atoms with Gasteiger partial charge in [0.15, 0.2) is 5.13 Å². The van der Waals surface area contributed by atoms with Gasteiger partial charge in [0.25, 0.3) is 0 Å². The molecule has 26 heavy (non-hydrogen) atoms. The minimum Gasteiger partial charge on any atom is -0.462 e. The number of halogens is 1. The second-order valence-corrected chi connectivity index (χ2v) is 6.84. The Labute approximate surface area is 155 Å². The number of rotatable bonds is 5. The van der Waals surface area contributed by atoms with E-state index in [0.717, 1.165) is 22.5 Å². The minimum atomic E-state index is -0.454. The summed E-state index contributed by atoms with van der Waals surface area (Å²) in [4.78, 5) is 16.8. The lowest BCUT2D eigenvalue weighted by Gasteiger charge is -2.13. The molecule has 0 aliphatic carbocycles. The second-order valence-electron chi connectivity index (χ2n) is 5.81. The molecule has 0 radical (unpaired) electrons. The van der Waals surface area contributed by atoms with E-state index in [1.54, 1.807) is 13.0 Å². The van der Waals surface area contributed by atoms with Crippen molar-refractivity contribution in [3.8, 4) is 11.1 Å². The molecule has 3 rings (SSSR count). The Morgan fingerprint density at radius 3 is 2.65 bits per heavy atom. The molecule has 1 atom stereocenters. The van der Waals surface area contributed by atoms with Gasteiger partial charge in [-0.2, -0.15) is 0 Å². The molecule has 134 valence electrons. The zero-order chi connectivity index (χ0) is 18.7. The maximum absolute atomic E-state index is 14.7. The maximum atomic E-state index is 14.7. The number of hydrogen-bond donors (Lipinski definition) is 1. The van der Waals surface area contributed by atoms with Gasteiger partial charge >= 0.3 is 5.97 Å². The molecule has 0 aliphatic rings. The number of nitrogens with zero attached hydrogens (tertiary/aromatic N) is 1. The highest BCUT2D eigenvalue weighted by atomic mass is 32.1. The highest BCUT2D eigenvalue weighted by Gasteiger charge is 2.24. The number of nitrogen functional groups attached to an aromatic ring is 1. The lowest BCUT2D eigenvalue weighted by molar-refractivity contribution is 0.0530. The number of aromatic nitrogens is 1. The first kappa shape index (κ1) is 18.1. The molecule has 0 saturated heterocycles. The SMILES string of the molecule is CCOC(=O)c1sc(N)nc1C(C)c1ccc(-c2ccccc2)c(F)c1. The zero-order valence-corrected chi connectivity index (χ0v) is 15.3. The average molecular weight is 370 g/mol. The van der Waals surface area contributed by atoms with Gasteiger partial charge in [-0.05, 0) is 24.1 Å². The quantitative estimate of drug-likeness (QED) is 0.652. The van der Waals surface area contributed by atoms with Crippen molar-refractivity contribution in [1.82, 2.24) is 4.98 Å². The van der Waals surface area contributed by atoms with Crippen LogP contribution in [0.2, 0.25) is 0 Å². The summed E-state index contributed by atoms with van der Waals surface area (Å²) in [5.41, 5.74) is 8.36. The largest absolute Gasteiger partial charge is 0.462 e. The molecular weight excluding hydrogens is 351 g/mol. The molecule has 1 heterocycles. The van der Waals surface area contributed by atoms with Crippen LogP contribution in [-0.4, -0.2) is 17.6 Å². The second kappa shape index (κ2) is 7.66. The van der Waals surface area contributed by atoms with Gasteiger partial charge in [-0.3, -0.25) is 0 Å². The van der Waals surface area contributed by atoms with Crippen LogP contribution in [-0.2, 0) is 4.74 Å². The van der Waals surface area contributed by atoms with Crippen LogP contribution in [0, 0.1) is 5.82 Å². The molecule has 2 aromatic carbocycles. The van der Waals surface area contributed by atoms with Crippen molar-refractivity contribution in [3.05, 3.63) is 70.5 Å². The molecule has 1 aromatic heterocycles. The highest BCUT2D eigenvalue weighted by molar-refractivity contribution is 7.17. The molecule has 1 unspecified atom stereocenters. The summed E-state index contributed by atoms with van der Waals surface area (Å²) in [5.74, 6) is -1.06. The van der Waals surface area contributed by atoms with E-state index in [1.165, 1.54) is 6.07 Å². The minimum absolute atomic E-state index is 0.269. The first-order valence-electron chi connectivity index (χ1n) is 8.29. The van der Waals surface area contributed by atoms with Crippen molar-refractivity contribution in [2.45, 2.75) is 19.8 Å². The highest BCUT2D eigenvalue weighted by Crippen LogP contribution is 2.33. The summed E-state index contributed by atoms with van der Waals surface area (Å²) in [6, 6.07) is 14.4. The fraction of sp³-hybridized carbons (Fsp3) is 0.200. The first-order valence-corrected chi connectivity index (χ1v) is 9.11. The number of hydrogen-bond acceptors (Lipinski definition) is 5. The number of thiazole rings is 1. The predicted octanol–water partition coefficient (Wildman–Crippen LogP) is 4.86. The summed E-state index contributed by atoms with van der Waals surface area (Å²) in [6.07, 6.45) is 0. The summed E-state index contributed by atoms with van der Waals surface area (Å²) in [7, 11) is 0. The van der Waals surface area contributed by atoms with E-state index in [9.17, 15) is 9.18 Å². The van der Waals surface area contributed by atoms with Crippen molar-refractivity contribution in [2.75, 3.05) is 12.3 Å². The molecule has 0 saturated carbocycles. The number of carbonyl (C=O) groups is 1. The van der Waals surface area contributed by atoms with Gasteiger partial charge in [-0.1, -0.05) is 60.7 Å². The molecule has 0 aliphatic heterocycles. The predicted molar refractivity (Wildman–Crippen MR) is 102 cm³/mol. The molecule has 4 nitrogen and oxygen atoms in total. The Morgan fingerprint density at radius 1 is 1.27 bits per heavy atom. The molecule has 0 spiro atoms. The van der Waals surface area contributed by atoms with E-state index in [-0.39, 0.29) is 23.5 Å². The van der Waals surface area contributed by atoms with Crippen LogP contribution in [0.5, 0.6) is 0 Å². The Morgan fingerprint density at radius 2 is 2.00 bits per heavy atom. The summed E-state index contributed by atoms with van der Waals surface area (Å²) in [5, 5.41) is 0.288. The molecule has 2 N–H and O–H groups in total. The smallest absolute Gasteiger partial charge is 0.350 e. The van der Waals surface area contributed by atoms with E-state index >= 15 is 0 Å². The van der Waals surface area contributed by atoms with Crippen LogP contribution in [0.4, 0.5) is 9.52 Å². The fourth-order valence-electron chi connectivity index (χ4n) is 2.80. The van der Waals surface area contributed by atoms with Gasteiger partial charge in [0.1, 0.15) is 10.7 Å². The van der Waals surface area contributed by atoms with Crippen LogP contribution >= 0.6 is 11.3 Å². The zero-order valence-electron chi connectivity index (χ0n) is 14.5. The Bertz CT molecular complexity index is 925. The summed E-state index contributed by atoms with van der Waals surface area (Å²) < 4.78 is 19.7. The first-order chi connectivity index (χ1) is 12.5. The molecule has 6 heteroatoms. The maximum Gasteiger partial charge on any atom is 0.350 e. The molecule has 0 amide bonds. The van der Waals surface area contributed by atoms with E-state index in [2.05, 4.69) is 4.98 Å². The van der Waals surface area contributed by atoms with E-state index in [1.807, 2.05) is 43.3 Å². The lowest BCUT2D eigenvalue weighted by Crippen LogP contribution is -2.08. The lowest BCUT2D eigenvalue weighted by atomic mass is 9.94. The molecular formula is C20H19FN2O2S. The van der Waals surface area contributed by atoms with Crippen LogP contribution in [0.15, 0.2) is 48.5 Å². The topological polar surface area (TPSA) is 65.2 Å². The Hall–Kier alpha value is -2.73. The van der Waals surface area contributed by atoms with Crippen molar-refractivity contribution < 1.29 is 13.9 Å². The summed E-state index contributed by atoms with van der Waals surface area (Å²) in [6.45, 7) is 3.88. The van der Waals surface area contributed by atoms with E-state index in [4.69, 9.17) is 10.5 Å². The van der Waals surface area contributed by atoms with Crippen LogP contribution in [0.3, 0.4) is 0 Å². The van der Waals surface area contributed by atoms with Gasteiger partial charge < -0.3 is 10.5 Å². The third-order valence-corrected chi connectivity index (χ3v) is 5.00. The number of ether oxygens (including phenoxy) is 1. The van der Waals surface area contributed by atoms with Crippen molar-refractivity contribution in [2.24, 2.45) is 0 Å². The number of carbonyl (C=O) groups excluding carboxylic acids is 1. The Balaban J connectivity index is 1.95. The monoisotopic (exact) mass is 370 g/mol. The van der Waals surface area contributed by atoms with Crippen LogP contribution in [0.25, 0.3) is 11.1 Å². The number of benzene rings is 2. The van der Waals surface area contributed by atoms with E-state index in [0.29, 0.717) is 16.1 Å². The molecule has 0 bridgehead atoms. The van der Waals surface area contributed by atoms with Crippen LogP contribution in [0.1, 0.15) is 40.7 Å². The third-order valence-electron chi connectivity index (χ3n) is 4.12. The van der Waals surface area contributed by atoms with Gasteiger partial charge in [-0.25, -0.2) is 14.2 Å². The summed E-state index contributed by atoms with van der Waals surface area (Å²) >= 11 is 1.09. The van der Waals surface area contributed by atoms with Crippen molar-refractivity contribution in [1.29, 1.82) is 0 Å². The molecule has 0 fully saturated rings. The van der Waals surface area contributed by atoms with Crippen molar-refractivity contribution in [3.63, 3.8) is 0 Å². The Kier molecular flexibility index (Phi) is 5.32. The number of nitrogens with two attached hydrogens (primary N) is 1. The van der Waals surface area contributed by atoms with Gasteiger partial charge in [0.2, 0.25) is 0 Å². The van der Waals surface area contributed by atoms with Gasteiger partial charge in [-0.15, -0.1) is 0 Å². The van der Waals surface area contributed by atoms with Gasteiger partial charge in [0, 0.05) is 11.5 Å². The van der Waals surface area contributed by atoms with Gasteiger partial charge in [0.05, 0.1) is 12.3 Å². The van der Waals surface area contributed by atoms with Crippen molar-refractivity contribution >= 4 is 22.4 Å². The number of anilines is 1. The average Bonchev–Trinajstić information content (AvgIpc) is 3.04. The molecule has 3 aromatic rings. The third kappa shape index (κ3) is 3.60. The normalized spacial score (nSPS) is 12.0. The van der Waals surface area contributed by atoms with Crippen LogP contribution < -0.4 is 5.73 Å². The number of esters is 1. The van der Waals surface area contributed by atoms with E-state index < -0.39 is 5.97 Å². The fourth-order valence-corrected chi connectivity index (χ4v) is 3.62. The standard InChI is InChI=1S/C20H19FN2O2S/c1-3-25-19(24)18-17(23-20(22)26-18)12(2)14-9-10-15(16(21)11-14)13-7-5-4-6-8-13/h4-12H,3H2,1-2H3,(H2,22,23).